The lowest BCUT2D eigenvalue weighted by molar-refractivity contribution is -0.137. The van der Waals surface area contributed by atoms with E-state index in [4.69, 9.17) is 10.1 Å². The van der Waals surface area contributed by atoms with Crippen molar-refractivity contribution in [2.75, 3.05) is 0 Å². The molecule has 0 amide bonds. The van der Waals surface area contributed by atoms with Crippen molar-refractivity contribution in [3.8, 4) is 17.1 Å². The van der Waals surface area contributed by atoms with E-state index in [1.54, 1.807) is 6.08 Å². The Bertz CT molecular complexity index is 1110. The average molecular weight is 493 g/mol. The number of aliphatic hydroxyl groups excluding tert-OH is 3. The molecule has 0 radical (unpaired) electrons. The van der Waals surface area contributed by atoms with E-state index < -0.39 is 24.3 Å². The number of imidazole rings is 1. The van der Waals surface area contributed by atoms with E-state index in [1.165, 1.54) is 6.08 Å². The Labute approximate surface area is 212 Å². The van der Waals surface area contributed by atoms with E-state index in [0.717, 1.165) is 30.5 Å². The maximum atomic E-state index is 11.1. The summed E-state index contributed by atoms with van der Waals surface area (Å²) >= 11 is 0. The SMILES string of the molecule is CCCCC[C@H](O)c1nc(-c2ccccc2)n(-c2ccccc2)c1/C=C/C(O)C(O)CCCC(=O)O. The maximum absolute atomic E-state index is 11.1. The molecule has 3 rings (SSSR count). The third kappa shape index (κ3) is 7.37. The Balaban J connectivity index is 2.04. The van der Waals surface area contributed by atoms with Crippen LogP contribution in [0.2, 0.25) is 0 Å². The molecule has 4 N–H and O–H groups in total. The lowest BCUT2D eigenvalue weighted by atomic mass is 10.0. The molecule has 0 bridgehead atoms. The van der Waals surface area contributed by atoms with Gasteiger partial charge >= 0.3 is 5.97 Å². The first-order valence-corrected chi connectivity index (χ1v) is 12.6. The second kappa shape index (κ2) is 13.7. The van der Waals surface area contributed by atoms with Crippen molar-refractivity contribution in [2.45, 2.75) is 70.2 Å². The van der Waals surface area contributed by atoms with E-state index in [9.17, 15) is 20.1 Å². The van der Waals surface area contributed by atoms with E-state index in [2.05, 4.69) is 6.92 Å². The summed E-state index contributed by atoms with van der Waals surface area (Å²) in [7, 11) is 0. The van der Waals surface area contributed by atoms with Crippen molar-refractivity contribution in [1.82, 2.24) is 9.55 Å². The minimum Gasteiger partial charge on any atom is -0.481 e. The third-order valence-corrected chi connectivity index (χ3v) is 6.12. The molecule has 36 heavy (non-hydrogen) atoms. The van der Waals surface area contributed by atoms with Gasteiger partial charge in [0.05, 0.1) is 29.7 Å². The van der Waals surface area contributed by atoms with Crippen LogP contribution in [0.25, 0.3) is 23.2 Å². The van der Waals surface area contributed by atoms with Crippen molar-refractivity contribution in [1.29, 1.82) is 0 Å². The summed E-state index contributed by atoms with van der Waals surface area (Å²) in [5.74, 6) is -0.267. The molecule has 1 aromatic heterocycles. The standard InChI is InChI=1S/C29H36N2O5/c1-2-3-6-16-26(34)28-23(19-20-25(33)24(32)17-11-18-27(35)36)31(22-14-9-5-10-15-22)29(30-28)21-12-7-4-8-13-21/h4-5,7-10,12-15,19-20,24-26,32-34H,2-3,6,11,16-18H2,1H3,(H,35,36)/b20-19+/t24?,25?,26-/m0/s1. The zero-order valence-corrected chi connectivity index (χ0v) is 20.7. The Morgan fingerprint density at radius 3 is 2.25 bits per heavy atom. The van der Waals surface area contributed by atoms with Gasteiger partial charge in [-0.2, -0.15) is 0 Å². The molecule has 1 heterocycles. The highest BCUT2D eigenvalue weighted by atomic mass is 16.4. The predicted octanol–water partition coefficient (Wildman–Crippen LogP) is 5.14. The van der Waals surface area contributed by atoms with Crippen LogP contribution < -0.4 is 0 Å². The molecule has 3 atom stereocenters. The van der Waals surface area contributed by atoms with Gasteiger partial charge in [0, 0.05) is 17.7 Å². The Morgan fingerprint density at radius 2 is 1.61 bits per heavy atom. The molecule has 2 unspecified atom stereocenters. The Hall–Kier alpha value is -3.26. The number of hydrogen-bond acceptors (Lipinski definition) is 5. The summed E-state index contributed by atoms with van der Waals surface area (Å²) < 4.78 is 1.95. The van der Waals surface area contributed by atoms with Gasteiger partial charge in [0.25, 0.3) is 0 Å². The van der Waals surface area contributed by atoms with Crippen molar-refractivity contribution in [3.05, 3.63) is 78.1 Å². The molecule has 0 aliphatic heterocycles. The van der Waals surface area contributed by atoms with Crippen LogP contribution >= 0.6 is 0 Å². The van der Waals surface area contributed by atoms with Crippen LogP contribution in [0, 0.1) is 0 Å². The molecule has 2 aromatic carbocycles. The fourth-order valence-electron chi connectivity index (χ4n) is 4.15. The predicted molar refractivity (Wildman–Crippen MR) is 141 cm³/mol. The number of unbranched alkanes of at least 4 members (excludes halogenated alkanes) is 2. The number of aliphatic carboxylic acids is 1. The molecule has 7 heteroatoms. The van der Waals surface area contributed by atoms with E-state index in [1.807, 2.05) is 65.2 Å². The molecular weight excluding hydrogens is 456 g/mol. The highest BCUT2D eigenvalue weighted by Gasteiger charge is 2.23. The maximum Gasteiger partial charge on any atom is 0.303 e. The van der Waals surface area contributed by atoms with Crippen molar-refractivity contribution in [2.24, 2.45) is 0 Å². The van der Waals surface area contributed by atoms with Crippen LogP contribution in [-0.4, -0.2) is 48.2 Å². The molecule has 0 saturated heterocycles. The average Bonchev–Trinajstić information content (AvgIpc) is 3.27. The minimum absolute atomic E-state index is 0.0667. The number of rotatable bonds is 14. The van der Waals surface area contributed by atoms with Crippen molar-refractivity contribution in [3.63, 3.8) is 0 Å². The van der Waals surface area contributed by atoms with Gasteiger partial charge < -0.3 is 20.4 Å². The van der Waals surface area contributed by atoms with Crippen LogP contribution in [0.1, 0.15) is 69.4 Å². The van der Waals surface area contributed by atoms with Gasteiger partial charge in [-0.05, 0) is 37.5 Å². The summed E-state index contributed by atoms with van der Waals surface area (Å²) in [5, 5.41) is 40.8. The molecule has 7 nitrogen and oxygen atoms in total. The fourth-order valence-corrected chi connectivity index (χ4v) is 4.15. The quantitative estimate of drug-likeness (QED) is 0.232. The number of nitrogens with zero attached hydrogens (tertiary/aromatic N) is 2. The number of aliphatic hydroxyl groups is 3. The number of carbonyl (C=O) groups is 1. The number of carboxylic acid groups (broad SMARTS) is 1. The normalized spacial score (nSPS) is 14.1. The molecule has 3 aromatic rings. The molecule has 0 aliphatic carbocycles. The number of benzene rings is 2. The summed E-state index contributed by atoms with van der Waals surface area (Å²) in [5.41, 5.74) is 2.88. The minimum atomic E-state index is -1.19. The van der Waals surface area contributed by atoms with Gasteiger partial charge in [-0.1, -0.05) is 80.8 Å². The van der Waals surface area contributed by atoms with Crippen LogP contribution in [0.3, 0.4) is 0 Å². The second-order valence-corrected chi connectivity index (χ2v) is 8.96. The van der Waals surface area contributed by atoms with Gasteiger partial charge in [-0.25, -0.2) is 4.98 Å². The Kier molecular flexibility index (Phi) is 10.4. The van der Waals surface area contributed by atoms with Crippen LogP contribution in [0.4, 0.5) is 0 Å². The molecule has 0 spiro atoms. The van der Waals surface area contributed by atoms with Gasteiger partial charge in [-0.3, -0.25) is 9.36 Å². The summed E-state index contributed by atoms with van der Waals surface area (Å²) in [6.45, 7) is 2.11. The third-order valence-electron chi connectivity index (χ3n) is 6.12. The van der Waals surface area contributed by atoms with Crippen molar-refractivity contribution >= 4 is 12.0 Å². The molecular formula is C29H36N2O5. The number of hydrogen-bond donors (Lipinski definition) is 4. The fraction of sp³-hybridized carbons (Fsp3) is 0.379. The lowest BCUT2D eigenvalue weighted by Gasteiger charge is -2.15. The Morgan fingerprint density at radius 1 is 0.944 bits per heavy atom. The number of carboxylic acids is 1. The monoisotopic (exact) mass is 492 g/mol. The summed E-state index contributed by atoms with van der Waals surface area (Å²) in [6, 6.07) is 19.4. The lowest BCUT2D eigenvalue weighted by Crippen LogP contribution is -2.23. The van der Waals surface area contributed by atoms with E-state index in [-0.39, 0.29) is 19.3 Å². The highest BCUT2D eigenvalue weighted by Crippen LogP contribution is 2.32. The largest absolute Gasteiger partial charge is 0.481 e. The first-order chi connectivity index (χ1) is 17.4. The molecule has 0 aliphatic rings. The van der Waals surface area contributed by atoms with Gasteiger partial charge in [0.1, 0.15) is 5.82 Å². The van der Waals surface area contributed by atoms with Crippen LogP contribution in [0.5, 0.6) is 0 Å². The first kappa shape index (κ1) is 27.3. The van der Waals surface area contributed by atoms with Crippen molar-refractivity contribution < 1.29 is 25.2 Å². The second-order valence-electron chi connectivity index (χ2n) is 8.96. The molecule has 192 valence electrons. The first-order valence-electron chi connectivity index (χ1n) is 12.6. The van der Waals surface area contributed by atoms with Gasteiger partial charge in [-0.15, -0.1) is 0 Å². The summed E-state index contributed by atoms with van der Waals surface area (Å²) in [4.78, 5) is 15.6. The zero-order valence-electron chi connectivity index (χ0n) is 20.7. The van der Waals surface area contributed by atoms with Crippen LogP contribution in [-0.2, 0) is 4.79 Å². The van der Waals surface area contributed by atoms with Gasteiger partial charge in [0.15, 0.2) is 0 Å². The zero-order chi connectivity index (χ0) is 25.9. The topological polar surface area (TPSA) is 116 Å². The highest BCUT2D eigenvalue weighted by molar-refractivity contribution is 5.67. The number of aromatic nitrogens is 2. The van der Waals surface area contributed by atoms with E-state index in [0.29, 0.717) is 23.6 Å². The molecule has 0 saturated carbocycles. The summed E-state index contributed by atoms with van der Waals surface area (Å²) in [6.07, 6.45) is 3.94. The van der Waals surface area contributed by atoms with Crippen LogP contribution in [0.15, 0.2) is 66.7 Å². The smallest absolute Gasteiger partial charge is 0.303 e. The number of para-hydroxylation sites is 1. The van der Waals surface area contributed by atoms with E-state index >= 15 is 0 Å². The molecule has 0 fully saturated rings. The van der Waals surface area contributed by atoms with Gasteiger partial charge in [0.2, 0.25) is 0 Å².